The molecule has 0 spiro atoms. The van der Waals surface area contributed by atoms with E-state index in [-0.39, 0.29) is 24.1 Å². The third-order valence-corrected chi connectivity index (χ3v) is 2.97. The number of aliphatic hydroxyl groups is 1. The fourth-order valence-corrected chi connectivity index (χ4v) is 1.87. The third-order valence-electron chi connectivity index (χ3n) is 2.97. The first-order valence-electron chi connectivity index (χ1n) is 5.88. The highest BCUT2D eigenvalue weighted by Crippen LogP contribution is 2.27. The van der Waals surface area contributed by atoms with Gasteiger partial charge in [-0.05, 0) is 37.1 Å². The molecule has 0 saturated heterocycles. The largest absolute Gasteiger partial charge is 0.478 e. The van der Waals surface area contributed by atoms with Crippen molar-refractivity contribution < 1.29 is 19.8 Å². The molecule has 96 valence electrons. The van der Waals surface area contributed by atoms with Gasteiger partial charge < -0.3 is 15.1 Å². The van der Waals surface area contributed by atoms with E-state index in [1.807, 2.05) is 0 Å². The summed E-state index contributed by atoms with van der Waals surface area (Å²) in [6, 6.07) is 6.08. The van der Waals surface area contributed by atoms with Gasteiger partial charge in [0.1, 0.15) is 0 Å². The lowest BCUT2D eigenvalue weighted by atomic mass is 10.1. The highest BCUT2D eigenvalue weighted by Gasteiger charge is 2.32. The molecule has 1 aromatic carbocycles. The van der Waals surface area contributed by atoms with Crippen molar-refractivity contribution >= 4 is 11.9 Å². The SMILES string of the molecule is O=C(O)c1ccc(C(=O)N(CCO)C2CC2)cc1. The van der Waals surface area contributed by atoms with E-state index in [0.29, 0.717) is 12.1 Å². The second kappa shape index (κ2) is 5.18. The van der Waals surface area contributed by atoms with Gasteiger partial charge in [-0.25, -0.2) is 4.79 Å². The van der Waals surface area contributed by atoms with Gasteiger partial charge in [-0.2, -0.15) is 0 Å². The third kappa shape index (κ3) is 2.68. The fourth-order valence-electron chi connectivity index (χ4n) is 1.87. The maximum atomic E-state index is 12.2. The van der Waals surface area contributed by atoms with Crippen LogP contribution in [0.1, 0.15) is 33.6 Å². The van der Waals surface area contributed by atoms with E-state index in [0.717, 1.165) is 12.8 Å². The molecule has 0 radical (unpaired) electrons. The van der Waals surface area contributed by atoms with Crippen LogP contribution in [0, 0.1) is 0 Å². The fraction of sp³-hybridized carbons (Fsp3) is 0.385. The quantitative estimate of drug-likeness (QED) is 0.815. The summed E-state index contributed by atoms with van der Waals surface area (Å²) in [5.41, 5.74) is 0.618. The highest BCUT2D eigenvalue weighted by molar-refractivity contribution is 5.96. The van der Waals surface area contributed by atoms with Crippen LogP contribution >= 0.6 is 0 Å². The molecular formula is C13H15NO4. The summed E-state index contributed by atoms with van der Waals surface area (Å²) >= 11 is 0. The molecule has 2 N–H and O–H groups in total. The molecule has 0 atom stereocenters. The minimum Gasteiger partial charge on any atom is -0.478 e. The van der Waals surface area contributed by atoms with Gasteiger partial charge in [0.15, 0.2) is 0 Å². The second-order valence-electron chi connectivity index (χ2n) is 4.34. The normalized spacial score (nSPS) is 14.3. The molecule has 0 aliphatic heterocycles. The van der Waals surface area contributed by atoms with Crippen molar-refractivity contribution in [3.8, 4) is 0 Å². The van der Waals surface area contributed by atoms with Gasteiger partial charge in [0.2, 0.25) is 0 Å². The Balaban J connectivity index is 2.13. The number of hydrogen-bond acceptors (Lipinski definition) is 3. The number of carbonyl (C=O) groups excluding carboxylic acids is 1. The number of nitrogens with zero attached hydrogens (tertiary/aromatic N) is 1. The molecule has 18 heavy (non-hydrogen) atoms. The van der Waals surface area contributed by atoms with Crippen LogP contribution in [-0.2, 0) is 0 Å². The predicted molar refractivity (Wildman–Crippen MR) is 64.5 cm³/mol. The highest BCUT2D eigenvalue weighted by atomic mass is 16.4. The summed E-state index contributed by atoms with van der Waals surface area (Å²) in [5, 5.41) is 17.7. The van der Waals surface area contributed by atoms with Crippen molar-refractivity contribution in [2.24, 2.45) is 0 Å². The Kier molecular flexibility index (Phi) is 3.62. The number of aliphatic hydroxyl groups excluding tert-OH is 1. The zero-order valence-corrected chi connectivity index (χ0v) is 9.87. The van der Waals surface area contributed by atoms with Crippen molar-refractivity contribution in [1.82, 2.24) is 4.90 Å². The first-order chi connectivity index (χ1) is 8.63. The Morgan fingerprint density at radius 3 is 2.17 bits per heavy atom. The van der Waals surface area contributed by atoms with Crippen molar-refractivity contribution in [3.05, 3.63) is 35.4 Å². The number of carbonyl (C=O) groups is 2. The molecule has 5 heteroatoms. The number of amides is 1. The van der Waals surface area contributed by atoms with Crippen LogP contribution in [0.3, 0.4) is 0 Å². The molecule has 1 aliphatic rings. The Bertz CT molecular complexity index is 451. The number of rotatable bonds is 5. The minimum atomic E-state index is -1.01. The molecule has 1 amide bonds. The van der Waals surface area contributed by atoms with Gasteiger partial charge in [-0.3, -0.25) is 4.79 Å². The van der Waals surface area contributed by atoms with E-state index in [1.54, 1.807) is 4.90 Å². The standard InChI is InChI=1S/C13H15NO4/c15-8-7-14(11-5-6-11)12(16)9-1-3-10(4-2-9)13(17)18/h1-4,11,15H,5-8H2,(H,17,18). The van der Waals surface area contributed by atoms with Gasteiger partial charge in [0.25, 0.3) is 5.91 Å². The van der Waals surface area contributed by atoms with Crippen LogP contribution in [0.15, 0.2) is 24.3 Å². The molecule has 0 unspecified atom stereocenters. The molecule has 1 saturated carbocycles. The lowest BCUT2D eigenvalue weighted by Gasteiger charge is -2.21. The summed E-state index contributed by atoms with van der Waals surface area (Å²) in [5.74, 6) is -1.16. The maximum absolute atomic E-state index is 12.2. The second-order valence-corrected chi connectivity index (χ2v) is 4.34. The number of carboxylic acids is 1. The zero-order chi connectivity index (χ0) is 13.1. The Hall–Kier alpha value is -1.88. The number of benzene rings is 1. The summed E-state index contributed by atoms with van der Waals surface area (Å²) in [6.07, 6.45) is 1.94. The lowest BCUT2D eigenvalue weighted by Crippen LogP contribution is -2.35. The number of hydrogen-bond donors (Lipinski definition) is 2. The average molecular weight is 249 g/mol. The van der Waals surface area contributed by atoms with Crippen molar-refractivity contribution in [1.29, 1.82) is 0 Å². The maximum Gasteiger partial charge on any atom is 0.335 e. The van der Waals surface area contributed by atoms with Crippen molar-refractivity contribution in [2.45, 2.75) is 18.9 Å². The summed E-state index contributed by atoms with van der Waals surface area (Å²) in [4.78, 5) is 24.5. The molecule has 5 nitrogen and oxygen atoms in total. The van der Waals surface area contributed by atoms with Gasteiger partial charge in [-0.15, -0.1) is 0 Å². The molecule has 1 aliphatic carbocycles. The Morgan fingerprint density at radius 2 is 1.72 bits per heavy atom. The van der Waals surface area contributed by atoms with Gasteiger partial charge >= 0.3 is 5.97 Å². The van der Waals surface area contributed by atoms with Gasteiger partial charge in [0, 0.05) is 18.2 Å². The van der Waals surface area contributed by atoms with Crippen LogP contribution < -0.4 is 0 Å². The predicted octanol–water partition coefficient (Wildman–Crippen LogP) is 0.982. The Morgan fingerprint density at radius 1 is 1.17 bits per heavy atom. The average Bonchev–Trinajstić information content (AvgIpc) is 3.19. The summed E-state index contributed by atoms with van der Waals surface area (Å²) in [7, 11) is 0. The van der Waals surface area contributed by atoms with E-state index in [2.05, 4.69) is 0 Å². The molecule has 0 bridgehead atoms. The van der Waals surface area contributed by atoms with E-state index < -0.39 is 5.97 Å². The van der Waals surface area contributed by atoms with E-state index in [4.69, 9.17) is 10.2 Å². The van der Waals surface area contributed by atoms with Crippen LogP contribution in [0.4, 0.5) is 0 Å². The van der Waals surface area contributed by atoms with Gasteiger partial charge in [-0.1, -0.05) is 0 Å². The van der Waals surface area contributed by atoms with Crippen molar-refractivity contribution in [3.63, 3.8) is 0 Å². The molecule has 1 aromatic rings. The zero-order valence-electron chi connectivity index (χ0n) is 9.87. The van der Waals surface area contributed by atoms with E-state index in [9.17, 15) is 9.59 Å². The Labute approximate surface area is 105 Å². The minimum absolute atomic E-state index is 0.0601. The van der Waals surface area contributed by atoms with E-state index in [1.165, 1.54) is 24.3 Å². The van der Waals surface area contributed by atoms with Gasteiger partial charge in [0.05, 0.1) is 12.2 Å². The smallest absolute Gasteiger partial charge is 0.335 e. The van der Waals surface area contributed by atoms with Crippen LogP contribution in [-0.4, -0.2) is 46.2 Å². The summed E-state index contributed by atoms with van der Waals surface area (Å²) < 4.78 is 0. The monoisotopic (exact) mass is 249 g/mol. The summed E-state index contributed by atoms with van der Waals surface area (Å²) in [6.45, 7) is 0.264. The molecular weight excluding hydrogens is 234 g/mol. The van der Waals surface area contributed by atoms with Crippen LogP contribution in [0.25, 0.3) is 0 Å². The molecule has 0 aromatic heterocycles. The molecule has 0 heterocycles. The first kappa shape index (κ1) is 12.6. The molecule has 1 fully saturated rings. The van der Waals surface area contributed by atoms with Crippen molar-refractivity contribution in [2.75, 3.05) is 13.2 Å². The number of aromatic carboxylic acids is 1. The molecule has 2 rings (SSSR count). The first-order valence-corrected chi connectivity index (χ1v) is 5.88. The lowest BCUT2D eigenvalue weighted by molar-refractivity contribution is 0.0688. The number of carboxylic acid groups (broad SMARTS) is 1. The van der Waals surface area contributed by atoms with Crippen LogP contribution in [0.5, 0.6) is 0 Å². The van der Waals surface area contributed by atoms with E-state index >= 15 is 0 Å². The van der Waals surface area contributed by atoms with Crippen LogP contribution in [0.2, 0.25) is 0 Å². The topological polar surface area (TPSA) is 77.8 Å².